The molecular formula is C15H14ClF2NS. The van der Waals surface area contributed by atoms with Crippen molar-refractivity contribution in [2.75, 3.05) is 6.54 Å². The summed E-state index contributed by atoms with van der Waals surface area (Å²) in [7, 11) is 0. The average Bonchev–Trinajstić information content (AvgIpc) is 2.43. The minimum absolute atomic E-state index is 0.228. The van der Waals surface area contributed by atoms with Gasteiger partial charge in [-0.15, -0.1) is 0 Å². The normalized spacial score (nSPS) is 10.8. The first kappa shape index (κ1) is 15.3. The first-order chi connectivity index (χ1) is 9.60. The van der Waals surface area contributed by atoms with Crippen molar-refractivity contribution in [1.82, 2.24) is 5.32 Å². The number of halogens is 3. The van der Waals surface area contributed by atoms with Gasteiger partial charge in [-0.1, -0.05) is 36.4 Å². The van der Waals surface area contributed by atoms with Crippen LogP contribution >= 0.6 is 23.4 Å². The molecule has 0 unspecified atom stereocenters. The molecule has 0 radical (unpaired) electrons. The summed E-state index contributed by atoms with van der Waals surface area (Å²) in [5.74, 6) is -0.919. The van der Waals surface area contributed by atoms with Gasteiger partial charge < -0.3 is 5.32 Å². The molecule has 0 atom stereocenters. The Morgan fingerprint density at radius 1 is 1.10 bits per heavy atom. The summed E-state index contributed by atoms with van der Waals surface area (Å²) in [6, 6.07) is 8.97. The molecule has 0 aromatic heterocycles. The van der Waals surface area contributed by atoms with Crippen LogP contribution in [0.25, 0.3) is 0 Å². The van der Waals surface area contributed by atoms with Crippen LogP contribution in [0.5, 0.6) is 0 Å². The first-order valence-corrected chi connectivity index (χ1v) is 7.41. The van der Waals surface area contributed by atoms with Gasteiger partial charge in [0.05, 0.1) is 9.92 Å². The van der Waals surface area contributed by atoms with Crippen molar-refractivity contribution in [1.29, 1.82) is 0 Å². The Bertz CT molecular complexity index is 604. The third-order valence-electron chi connectivity index (χ3n) is 2.69. The second-order valence-electron chi connectivity index (χ2n) is 4.22. The third-order valence-corrected chi connectivity index (χ3v) is 4.22. The maximum absolute atomic E-state index is 13.6. The van der Waals surface area contributed by atoms with Crippen LogP contribution in [0.2, 0.25) is 5.02 Å². The SMILES string of the molecule is CCNCc1ccc(Sc2cc(F)ccc2F)c(Cl)c1. The van der Waals surface area contributed by atoms with E-state index in [1.54, 1.807) is 0 Å². The van der Waals surface area contributed by atoms with Crippen LogP contribution in [0.4, 0.5) is 8.78 Å². The third kappa shape index (κ3) is 3.95. The monoisotopic (exact) mass is 313 g/mol. The van der Waals surface area contributed by atoms with Gasteiger partial charge >= 0.3 is 0 Å². The Labute approximate surface area is 126 Å². The number of nitrogens with one attached hydrogen (secondary N) is 1. The van der Waals surface area contributed by atoms with E-state index in [9.17, 15) is 8.78 Å². The van der Waals surface area contributed by atoms with Crippen LogP contribution in [-0.4, -0.2) is 6.54 Å². The largest absolute Gasteiger partial charge is 0.313 e. The molecule has 0 spiro atoms. The van der Waals surface area contributed by atoms with Gasteiger partial charge in [-0.05, 0) is 42.4 Å². The summed E-state index contributed by atoms with van der Waals surface area (Å²) in [6.07, 6.45) is 0. The van der Waals surface area contributed by atoms with Crippen molar-refractivity contribution >= 4 is 23.4 Å². The Morgan fingerprint density at radius 2 is 1.90 bits per heavy atom. The highest BCUT2D eigenvalue weighted by Gasteiger charge is 2.09. The molecule has 2 aromatic rings. The molecule has 0 aliphatic carbocycles. The van der Waals surface area contributed by atoms with Crippen molar-refractivity contribution in [2.24, 2.45) is 0 Å². The number of hydrogen-bond donors (Lipinski definition) is 1. The lowest BCUT2D eigenvalue weighted by Gasteiger charge is -2.08. The molecule has 0 saturated heterocycles. The van der Waals surface area contributed by atoms with Gasteiger partial charge in [0.1, 0.15) is 11.6 Å². The molecule has 0 saturated carbocycles. The highest BCUT2D eigenvalue weighted by Crippen LogP contribution is 2.35. The van der Waals surface area contributed by atoms with Gasteiger partial charge in [0, 0.05) is 11.4 Å². The minimum Gasteiger partial charge on any atom is -0.313 e. The molecule has 0 bridgehead atoms. The van der Waals surface area contributed by atoms with Gasteiger partial charge in [0.25, 0.3) is 0 Å². The molecule has 2 aromatic carbocycles. The quantitative estimate of drug-likeness (QED) is 0.844. The van der Waals surface area contributed by atoms with Gasteiger partial charge in [-0.2, -0.15) is 0 Å². The Hall–Kier alpha value is -1.10. The predicted octanol–water partition coefficient (Wildman–Crippen LogP) is 4.88. The second kappa shape index (κ2) is 7.07. The average molecular weight is 314 g/mol. The zero-order valence-corrected chi connectivity index (χ0v) is 12.5. The first-order valence-electron chi connectivity index (χ1n) is 6.22. The standard InChI is InChI=1S/C15H14ClF2NS/c1-2-19-9-10-3-6-14(12(16)7-10)20-15-8-11(17)4-5-13(15)18/h3-8,19H,2,9H2,1H3. The van der Waals surface area contributed by atoms with E-state index in [2.05, 4.69) is 5.32 Å². The zero-order valence-electron chi connectivity index (χ0n) is 10.9. The van der Waals surface area contributed by atoms with E-state index in [0.717, 1.165) is 42.5 Å². The molecule has 0 fully saturated rings. The fourth-order valence-electron chi connectivity index (χ4n) is 1.68. The predicted molar refractivity (Wildman–Crippen MR) is 79.3 cm³/mol. The summed E-state index contributed by atoms with van der Waals surface area (Å²) >= 11 is 7.31. The van der Waals surface area contributed by atoms with Crippen molar-refractivity contribution < 1.29 is 8.78 Å². The van der Waals surface area contributed by atoms with Gasteiger partial charge in [-0.25, -0.2) is 8.78 Å². The van der Waals surface area contributed by atoms with Crippen molar-refractivity contribution in [2.45, 2.75) is 23.3 Å². The molecule has 0 heterocycles. The van der Waals surface area contributed by atoms with Crippen LogP contribution in [0, 0.1) is 11.6 Å². The number of hydrogen-bond acceptors (Lipinski definition) is 2. The molecule has 1 N–H and O–H groups in total. The molecule has 1 nitrogen and oxygen atoms in total. The van der Waals surface area contributed by atoms with Gasteiger partial charge in [0.2, 0.25) is 0 Å². The highest BCUT2D eigenvalue weighted by molar-refractivity contribution is 7.99. The van der Waals surface area contributed by atoms with E-state index in [1.165, 1.54) is 6.07 Å². The second-order valence-corrected chi connectivity index (χ2v) is 5.71. The van der Waals surface area contributed by atoms with E-state index in [-0.39, 0.29) is 4.90 Å². The lowest BCUT2D eigenvalue weighted by molar-refractivity contribution is 0.577. The van der Waals surface area contributed by atoms with E-state index in [4.69, 9.17) is 11.6 Å². The maximum Gasteiger partial charge on any atom is 0.137 e. The lowest BCUT2D eigenvalue weighted by atomic mass is 10.2. The van der Waals surface area contributed by atoms with Crippen LogP contribution in [0.1, 0.15) is 12.5 Å². The molecule has 0 amide bonds. The van der Waals surface area contributed by atoms with E-state index < -0.39 is 11.6 Å². The van der Waals surface area contributed by atoms with E-state index in [1.807, 2.05) is 25.1 Å². The Balaban J connectivity index is 2.19. The summed E-state index contributed by atoms with van der Waals surface area (Å²) in [5, 5.41) is 3.74. The van der Waals surface area contributed by atoms with Gasteiger partial charge in [0.15, 0.2) is 0 Å². The van der Waals surface area contributed by atoms with Crippen LogP contribution in [0.3, 0.4) is 0 Å². The summed E-state index contributed by atoms with van der Waals surface area (Å²) < 4.78 is 26.7. The Kier molecular flexibility index (Phi) is 5.40. The molecule has 2 rings (SSSR count). The summed E-state index contributed by atoms with van der Waals surface area (Å²) in [5.41, 5.74) is 1.06. The molecule has 0 aliphatic rings. The summed E-state index contributed by atoms with van der Waals surface area (Å²) in [6.45, 7) is 3.64. The fourth-order valence-corrected chi connectivity index (χ4v) is 2.87. The number of benzene rings is 2. The Morgan fingerprint density at radius 3 is 2.60 bits per heavy atom. The van der Waals surface area contributed by atoms with E-state index >= 15 is 0 Å². The van der Waals surface area contributed by atoms with Crippen molar-refractivity contribution in [3.8, 4) is 0 Å². The van der Waals surface area contributed by atoms with Crippen LogP contribution in [0.15, 0.2) is 46.2 Å². The molecular weight excluding hydrogens is 300 g/mol. The molecule has 106 valence electrons. The fraction of sp³-hybridized carbons (Fsp3) is 0.200. The van der Waals surface area contributed by atoms with Crippen LogP contribution in [-0.2, 0) is 6.54 Å². The van der Waals surface area contributed by atoms with E-state index in [0.29, 0.717) is 9.92 Å². The maximum atomic E-state index is 13.6. The lowest BCUT2D eigenvalue weighted by Crippen LogP contribution is -2.11. The van der Waals surface area contributed by atoms with Crippen molar-refractivity contribution in [3.63, 3.8) is 0 Å². The number of rotatable bonds is 5. The molecule has 0 aliphatic heterocycles. The molecule has 5 heteroatoms. The topological polar surface area (TPSA) is 12.0 Å². The zero-order chi connectivity index (χ0) is 14.5. The van der Waals surface area contributed by atoms with Crippen molar-refractivity contribution in [3.05, 3.63) is 58.6 Å². The summed E-state index contributed by atoms with van der Waals surface area (Å²) in [4.78, 5) is 0.933. The van der Waals surface area contributed by atoms with Gasteiger partial charge in [-0.3, -0.25) is 0 Å². The smallest absolute Gasteiger partial charge is 0.137 e. The molecule has 20 heavy (non-hydrogen) atoms. The minimum atomic E-state index is -0.464. The van der Waals surface area contributed by atoms with Crippen LogP contribution < -0.4 is 5.32 Å². The highest BCUT2D eigenvalue weighted by atomic mass is 35.5.